The van der Waals surface area contributed by atoms with E-state index in [2.05, 4.69) is 62.4 Å². The number of Topliss-reactive ketones (excluding diaryl/α,β-unsaturated/α-hetero) is 1. The third kappa shape index (κ3) is 16.2. The third-order valence-corrected chi connectivity index (χ3v) is 10.1. The summed E-state index contributed by atoms with van der Waals surface area (Å²) in [6.45, 7) is 20.5. The van der Waals surface area contributed by atoms with E-state index in [-0.39, 0.29) is 64.4 Å². The normalized spacial score (nSPS) is 25.4. The third-order valence-electron chi connectivity index (χ3n) is 10.1. The molecule has 0 saturated carbocycles. The molecule has 3 amide bonds. The zero-order valence-electron chi connectivity index (χ0n) is 33.5. The molecule has 286 valence electrons. The maximum Gasteiger partial charge on any atom is 0.240 e. The molecular weight excluding hydrogens is 622 g/mol. The van der Waals surface area contributed by atoms with E-state index in [0.717, 1.165) is 64.7 Å². The predicted octanol–water partition coefficient (Wildman–Crippen LogP) is 2.47. The van der Waals surface area contributed by atoms with E-state index in [1.807, 2.05) is 38.0 Å². The van der Waals surface area contributed by atoms with Crippen LogP contribution in [0.3, 0.4) is 0 Å². The molecule has 3 rings (SSSR count). The number of rotatable bonds is 11. The number of amides is 3. The Morgan fingerprint density at radius 2 is 1.04 bits per heavy atom. The van der Waals surface area contributed by atoms with Crippen LogP contribution in [0.15, 0.2) is 0 Å². The van der Waals surface area contributed by atoms with Crippen molar-refractivity contribution in [2.75, 3.05) is 94.8 Å². The second kappa shape index (κ2) is 20.7. The van der Waals surface area contributed by atoms with E-state index < -0.39 is 0 Å². The first-order valence-electron chi connectivity index (χ1n) is 18.2. The van der Waals surface area contributed by atoms with Gasteiger partial charge in [-0.1, -0.05) is 41.5 Å². The van der Waals surface area contributed by atoms with Crippen molar-refractivity contribution in [1.82, 2.24) is 35.6 Å². The second-order valence-electron chi connectivity index (χ2n) is 16.8. The number of nitrogens with one attached hydrogen (secondary N) is 3. The van der Waals surface area contributed by atoms with Crippen molar-refractivity contribution in [2.24, 2.45) is 16.2 Å². The van der Waals surface area contributed by atoms with Crippen LogP contribution in [0, 0.1) is 16.2 Å². The monoisotopic (exact) mass is 696 g/mol. The van der Waals surface area contributed by atoms with Crippen LogP contribution in [0.4, 0.5) is 0 Å². The molecule has 0 aromatic rings. The van der Waals surface area contributed by atoms with Crippen molar-refractivity contribution in [3.63, 3.8) is 0 Å². The number of ketones is 1. The summed E-state index contributed by atoms with van der Waals surface area (Å²) in [6.07, 6.45) is 5.76. The van der Waals surface area contributed by atoms with Gasteiger partial charge < -0.3 is 40.3 Å². The highest BCUT2D eigenvalue weighted by molar-refractivity contribution is 5.87. The quantitative estimate of drug-likeness (QED) is 0.299. The number of carbonyl (C=O) groups is 4. The van der Waals surface area contributed by atoms with Crippen LogP contribution in [0.5, 0.6) is 0 Å². The lowest BCUT2D eigenvalue weighted by Gasteiger charge is -2.25. The second-order valence-corrected chi connectivity index (χ2v) is 16.8. The molecule has 12 heteroatoms. The molecule has 0 bridgehead atoms. The minimum Gasteiger partial charge on any atom is -0.383 e. The molecular formula is C37H73N7O5. The summed E-state index contributed by atoms with van der Waals surface area (Å²) in [7, 11) is 11.3. The van der Waals surface area contributed by atoms with E-state index in [1.54, 1.807) is 19.1 Å². The zero-order chi connectivity index (χ0) is 37.6. The standard InChI is InChI=1S/C13H27N3O.C12H22N2O2.C12H24N2O2/c1-13(2)6-7-16(9-8-15(4)5)12(17)11(10-13)14-3;1-9(15)8-14-6-5-12(2,3)7-10(13-4)11(14)16;1-12(2)5-6-14(7-8-16-4)11(15)10(9-12)13-3/h11,14H,6-10H2,1-5H3;10,13H,5-8H2,1-4H3;10,13H,5-9H2,1-4H3. The van der Waals surface area contributed by atoms with Crippen molar-refractivity contribution >= 4 is 23.5 Å². The average molecular weight is 696 g/mol. The van der Waals surface area contributed by atoms with Gasteiger partial charge in [0, 0.05) is 46.4 Å². The molecule has 0 spiro atoms. The van der Waals surface area contributed by atoms with Gasteiger partial charge in [-0.05, 0) is 96.9 Å². The van der Waals surface area contributed by atoms with Gasteiger partial charge in [-0.2, -0.15) is 0 Å². The molecule has 3 saturated heterocycles. The Morgan fingerprint density at radius 3 is 1.37 bits per heavy atom. The van der Waals surface area contributed by atoms with Gasteiger partial charge in [0.2, 0.25) is 17.7 Å². The van der Waals surface area contributed by atoms with Gasteiger partial charge in [0.1, 0.15) is 5.78 Å². The van der Waals surface area contributed by atoms with Gasteiger partial charge >= 0.3 is 0 Å². The molecule has 3 aliphatic rings. The van der Waals surface area contributed by atoms with Gasteiger partial charge in [-0.25, -0.2) is 0 Å². The van der Waals surface area contributed by atoms with Crippen LogP contribution in [0.25, 0.3) is 0 Å². The highest BCUT2D eigenvalue weighted by Gasteiger charge is 2.36. The summed E-state index contributed by atoms with van der Waals surface area (Å²) < 4.78 is 5.04. The van der Waals surface area contributed by atoms with Crippen molar-refractivity contribution in [1.29, 1.82) is 0 Å². The van der Waals surface area contributed by atoms with E-state index in [9.17, 15) is 19.2 Å². The number of hydrogen-bond donors (Lipinski definition) is 3. The largest absolute Gasteiger partial charge is 0.383 e. The topological polar surface area (TPSA) is 127 Å². The van der Waals surface area contributed by atoms with E-state index in [4.69, 9.17) is 4.74 Å². The summed E-state index contributed by atoms with van der Waals surface area (Å²) in [6, 6.07) is -0.221. The summed E-state index contributed by atoms with van der Waals surface area (Å²) in [4.78, 5) is 55.5. The molecule has 3 fully saturated rings. The minimum atomic E-state index is -0.156. The number of nitrogens with zero attached hydrogens (tertiary/aromatic N) is 4. The zero-order valence-corrected chi connectivity index (χ0v) is 33.5. The summed E-state index contributed by atoms with van der Waals surface area (Å²) in [5.41, 5.74) is 0.621. The van der Waals surface area contributed by atoms with Crippen molar-refractivity contribution < 1.29 is 23.9 Å². The average Bonchev–Trinajstić information content (AvgIpc) is 3.27. The number of likely N-dealkylation sites (tertiary alicyclic amines) is 3. The minimum absolute atomic E-state index is 0.0188. The fraction of sp³-hybridized carbons (Fsp3) is 0.892. The van der Waals surface area contributed by atoms with Gasteiger partial charge in [0.05, 0.1) is 31.3 Å². The maximum atomic E-state index is 12.3. The van der Waals surface area contributed by atoms with Crippen LogP contribution in [-0.2, 0) is 23.9 Å². The van der Waals surface area contributed by atoms with Crippen LogP contribution in [-0.4, -0.2) is 156 Å². The molecule has 3 N–H and O–H groups in total. The van der Waals surface area contributed by atoms with Gasteiger partial charge in [-0.15, -0.1) is 0 Å². The molecule has 3 atom stereocenters. The summed E-state index contributed by atoms with van der Waals surface area (Å²) >= 11 is 0. The number of carbonyl (C=O) groups excluding carboxylic acids is 4. The molecule has 0 aromatic heterocycles. The molecule has 0 aromatic carbocycles. The van der Waals surface area contributed by atoms with Gasteiger partial charge in [0.25, 0.3) is 0 Å². The Hall–Kier alpha value is -2.12. The Kier molecular flexibility index (Phi) is 18.9. The SMILES string of the molecule is CNC1CC(C)(C)CCN(CC(C)=O)C1=O.CNC1CC(C)(C)CCN(CCN(C)C)C1=O.CNC1CC(C)(C)CCN(CCOC)C1=O. The van der Waals surface area contributed by atoms with E-state index >= 15 is 0 Å². The number of methoxy groups -OCH3 is 1. The van der Waals surface area contributed by atoms with Crippen LogP contribution in [0.1, 0.15) is 87.0 Å². The molecule has 3 heterocycles. The summed E-state index contributed by atoms with van der Waals surface area (Å²) in [5.74, 6) is 0.580. The molecule has 49 heavy (non-hydrogen) atoms. The molecule has 3 aliphatic heterocycles. The Balaban J connectivity index is 0.000000368. The van der Waals surface area contributed by atoms with E-state index in [1.165, 1.54) is 6.92 Å². The summed E-state index contributed by atoms with van der Waals surface area (Å²) in [5, 5.41) is 9.34. The van der Waals surface area contributed by atoms with Crippen LogP contribution < -0.4 is 16.0 Å². The number of ether oxygens (including phenoxy) is 1. The van der Waals surface area contributed by atoms with Crippen molar-refractivity contribution in [2.45, 2.75) is 105 Å². The molecule has 0 aliphatic carbocycles. The maximum absolute atomic E-state index is 12.3. The first-order valence-corrected chi connectivity index (χ1v) is 18.2. The predicted molar refractivity (Wildman–Crippen MR) is 198 cm³/mol. The molecule has 0 radical (unpaired) electrons. The highest BCUT2D eigenvalue weighted by Crippen LogP contribution is 2.32. The Bertz CT molecular complexity index is 1050. The highest BCUT2D eigenvalue weighted by atomic mass is 16.5. The first kappa shape index (κ1) is 44.9. The fourth-order valence-corrected chi connectivity index (χ4v) is 6.60. The number of likely N-dealkylation sites (N-methyl/N-ethyl adjacent to an activating group) is 4. The van der Waals surface area contributed by atoms with E-state index in [0.29, 0.717) is 19.7 Å². The lowest BCUT2D eigenvalue weighted by molar-refractivity contribution is -0.136. The molecule has 3 unspecified atom stereocenters. The van der Waals surface area contributed by atoms with Crippen LogP contribution in [0.2, 0.25) is 0 Å². The first-order chi connectivity index (χ1) is 22.7. The lowest BCUT2D eigenvalue weighted by Crippen LogP contribution is -2.46. The van der Waals surface area contributed by atoms with Crippen LogP contribution >= 0.6 is 0 Å². The Labute approximate surface area is 298 Å². The molecule has 12 nitrogen and oxygen atoms in total. The van der Waals surface area contributed by atoms with Crippen molar-refractivity contribution in [3.8, 4) is 0 Å². The fourth-order valence-electron chi connectivity index (χ4n) is 6.60. The van der Waals surface area contributed by atoms with Gasteiger partial charge in [-0.3, -0.25) is 19.2 Å². The lowest BCUT2D eigenvalue weighted by atomic mass is 9.83. The number of hydrogen-bond acceptors (Lipinski definition) is 9. The Morgan fingerprint density at radius 1 is 0.694 bits per heavy atom. The van der Waals surface area contributed by atoms with Crippen molar-refractivity contribution in [3.05, 3.63) is 0 Å². The smallest absolute Gasteiger partial charge is 0.240 e. The van der Waals surface area contributed by atoms with Gasteiger partial charge in [0.15, 0.2) is 0 Å².